The second kappa shape index (κ2) is 5.12. The number of hydrogen-bond acceptors (Lipinski definition) is 5. The van der Waals surface area contributed by atoms with E-state index in [1.54, 1.807) is 6.07 Å². The molecule has 1 aromatic carbocycles. The molecule has 2 aliphatic carbocycles. The van der Waals surface area contributed by atoms with Crippen LogP contribution in [0.15, 0.2) is 12.1 Å². The maximum atomic E-state index is 10.5. The number of ether oxygens (including phenoxy) is 2. The summed E-state index contributed by atoms with van der Waals surface area (Å²) in [4.78, 5) is 2.51. The quantitative estimate of drug-likeness (QED) is 0.875. The maximum Gasteiger partial charge on any atom is 0.165 e. The fourth-order valence-electron chi connectivity index (χ4n) is 6.41. The molecule has 2 fully saturated rings. The highest BCUT2D eigenvalue weighted by Gasteiger charge is 2.68. The summed E-state index contributed by atoms with van der Waals surface area (Å²) >= 11 is 0. The van der Waals surface area contributed by atoms with Gasteiger partial charge in [0.2, 0.25) is 0 Å². The lowest BCUT2D eigenvalue weighted by atomic mass is 9.49. The number of aliphatic hydroxyl groups is 1. The fourth-order valence-corrected chi connectivity index (χ4v) is 6.41. The van der Waals surface area contributed by atoms with Gasteiger partial charge in [-0.25, -0.2) is 0 Å². The van der Waals surface area contributed by atoms with Crippen LogP contribution in [0.2, 0.25) is 0 Å². The standard InChI is InChI=1S/C20H27NO4/c1-19(24-10-9-22)6-5-13-14-11-12-3-4-15(23)17-16(12)20(13,18(19)25-17)7-8-21(14)2/h3-4,13-14,18,22-23H,5-11H2,1-2H3/t13?,14-,18+,19+,20+/m1/s1. The van der Waals surface area contributed by atoms with E-state index < -0.39 is 5.60 Å². The van der Waals surface area contributed by atoms with Crippen LogP contribution in [0.5, 0.6) is 11.5 Å². The van der Waals surface area contributed by atoms with Gasteiger partial charge < -0.3 is 24.6 Å². The molecule has 0 radical (unpaired) electrons. The molecule has 136 valence electrons. The Balaban J connectivity index is 1.70. The number of aromatic hydroxyl groups is 1. The first-order chi connectivity index (χ1) is 12.0. The Hall–Kier alpha value is -1.30. The van der Waals surface area contributed by atoms with E-state index in [-0.39, 0.29) is 23.9 Å². The van der Waals surface area contributed by atoms with Crippen molar-refractivity contribution in [1.82, 2.24) is 4.90 Å². The molecule has 1 spiro atoms. The summed E-state index contributed by atoms with van der Waals surface area (Å²) in [7, 11) is 2.24. The Bertz CT molecular complexity index is 722. The molecule has 2 heterocycles. The van der Waals surface area contributed by atoms with Gasteiger partial charge in [0, 0.05) is 17.0 Å². The van der Waals surface area contributed by atoms with Crippen LogP contribution in [0.3, 0.4) is 0 Å². The third-order valence-electron chi connectivity index (χ3n) is 7.42. The molecule has 5 heteroatoms. The molecule has 5 rings (SSSR count). The van der Waals surface area contributed by atoms with Crippen LogP contribution in [0.1, 0.15) is 37.3 Å². The number of hydrogen-bond donors (Lipinski definition) is 2. The molecular formula is C20H27NO4. The Morgan fingerprint density at radius 3 is 3.00 bits per heavy atom. The van der Waals surface area contributed by atoms with Crippen LogP contribution in [0.25, 0.3) is 0 Å². The molecule has 1 aromatic rings. The molecule has 5 nitrogen and oxygen atoms in total. The second-order valence-electron chi connectivity index (χ2n) is 8.52. The van der Waals surface area contributed by atoms with Crippen LogP contribution in [0, 0.1) is 5.92 Å². The molecule has 2 aliphatic heterocycles. The molecule has 0 amide bonds. The number of rotatable bonds is 3. The Kier molecular flexibility index (Phi) is 3.26. The van der Waals surface area contributed by atoms with Gasteiger partial charge in [-0.05, 0) is 63.7 Å². The van der Waals surface area contributed by atoms with E-state index in [4.69, 9.17) is 9.47 Å². The van der Waals surface area contributed by atoms with E-state index in [0.29, 0.717) is 24.3 Å². The van der Waals surface area contributed by atoms with Crippen molar-refractivity contribution in [3.63, 3.8) is 0 Å². The number of phenolic OH excluding ortho intramolecular Hbond substituents is 1. The monoisotopic (exact) mass is 345 g/mol. The summed E-state index contributed by atoms with van der Waals surface area (Å²) in [5.74, 6) is 1.48. The first-order valence-corrected chi connectivity index (χ1v) is 9.48. The van der Waals surface area contributed by atoms with Gasteiger partial charge in [-0.15, -0.1) is 0 Å². The van der Waals surface area contributed by atoms with Crippen LogP contribution in [0.4, 0.5) is 0 Å². The van der Waals surface area contributed by atoms with Gasteiger partial charge in [-0.1, -0.05) is 6.07 Å². The lowest BCUT2D eigenvalue weighted by Crippen LogP contribution is -2.69. The lowest BCUT2D eigenvalue weighted by molar-refractivity contribution is -0.179. The van der Waals surface area contributed by atoms with Crippen molar-refractivity contribution in [3.05, 3.63) is 23.3 Å². The molecular weight excluding hydrogens is 318 g/mol. The molecule has 5 atom stereocenters. The van der Waals surface area contributed by atoms with E-state index in [1.807, 2.05) is 0 Å². The first-order valence-electron chi connectivity index (χ1n) is 9.48. The Morgan fingerprint density at radius 1 is 1.36 bits per heavy atom. The largest absolute Gasteiger partial charge is 0.504 e. The third kappa shape index (κ3) is 1.84. The van der Waals surface area contributed by atoms with Crippen molar-refractivity contribution in [2.45, 2.75) is 55.8 Å². The number of benzene rings is 1. The van der Waals surface area contributed by atoms with E-state index in [2.05, 4.69) is 24.9 Å². The van der Waals surface area contributed by atoms with Crippen LogP contribution in [-0.4, -0.2) is 59.7 Å². The zero-order valence-corrected chi connectivity index (χ0v) is 15.0. The number of nitrogens with zero attached hydrogens (tertiary/aromatic N) is 1. The van der Waals surface area contributed by atoms with Crippen LogP contribution in [-0.2, 0) is 16.6 Å². The summed E-state index contributed by atoms with van der Waals surface area (Å²) in [6.07, 6.45) is 4.01. The zero-order valence-electron chi connectivity index (χ0n) is 15.0. The summed E-state index contributed by atoms with van der Waals surface area (Å²) in [5.41, 5.74) is 2.08. The van der Waals surface area contributed by atoms with Gasteiger partial charge in [0.15, 0.2) is 11.5 Å². The summed E-state index contributed by atoms with van der Waals surface area (Å²) in [6.45, 7) is 3.53. The van der Waals surface area contributed by atoms with Gasteiger partial charge in [0.05, 0.1) is 13.2 Å². The van der Waals surface area contributed by atoms with Crippen molar-refractivity contribution in [3.8, 4) is 11.5 Å². The van der Waals surface area contributed by atoms with Crippen LogP contribution >= 0.6 is 0 Å². The molecule has 4 aliphatic rings. The van der Waals surface area contributed by atoms with Crippen molar-refractivity contribution in [1.29, 1.82) is 0 Å². The SMILES string of the molecule is CN1CC[C@]23c4c5ccc(O)c4O[C@H]2[C@@](C)(OCCO)CCC3[C@H]1C5. The number of phenols is 1. The van der Waals surface area contributed by atoms with Gasteiger partial charge in [-0.2, -0.15) is 0 Å². The zero-order chi connectivity index (χ0) is 17.4. The highest BCUT2D eigenvalue weighted by atomic mass is 16.6. The van der Waals surface area contributed by atoms with Gasteiger partial charge in [0.25, 0.3) is 0 Å². The minimum atomic E-state index is -0.431. The summed E-state index contributed by atoms with van der Waals surface area (Å²) < 4.78 is 12.6. The predicted octanol–water partition coefficient (Wildman–Crippen LogP) is 1.83. The van der Waals surface area contributed by atoms with E-state index in [0.717, 1.165) is 32.2 Å². The van der Waals surface area contributed by atoms with Crippen molar-refractivity contribution >= 4 is 0 Å². The van der Waals surface area contributed by atoms with E-state index in [1.165, 1.54) is 11.1 Å². The molecule has 25 heavy (non-hydrogen) atoms. The van der Waals surface area contributed by atoms with Gasteiger partial charge >= 0.3 is 0 Å². The molecule has 0 aromatic heterocycles. The number of likely N-dealkylation sites (N-methyl/N-ethyl adjacent to an activating group) is 1. The minimum Gasteiger partial charge on any atom is -0.504 e. The van der Waals surface area contributed by atoms with Crippen molar-refractivity contribution in [2.75, 3.05) is 26.8 Å². The van der Waals surface area contributed by atoms with Crippen molar-refractivity contribution in [2.24, 2.45) is 5.92 Å². The van der Waals surface area contributed by atoms with E-state index in [9.17, 15) is 10.2 Å². The van der Waals surface area contributed by atoms with E-state index >= 15 is 0 Å². The molecule has 2 bridgehead atoms. The Morgan fingerprint density at radius 2 is 2.20 bits per heavy atom. The Labute approximate surface area is 148 Å². The molecule has 1 saturated carbocycles. The van der Waals surface area contributed by atoms with Gasteiger partial charge in [-0.3, -0.25) is 0 Å². The van der Waals surface area contributed by atoms with Gasteiger partial charge in [0.1, 0.15) is 11.7 Å². The third-order valence-corrected chi connectivity index (χ3v) is 7.42. The molecule has 1 saturated heterocycles. The molecule has 2 N–H and O–H groups in total. The predicted molar refractivity (Wildman–Crippen MR) is 93.1 cm³/mol. The van der Waals surface area contributed by atoms with Crippen molar-refractivity contribution < 1.29 is 19.7 Å². The maximum absolute atomic E-state index is 10.5. The number of aliphatic hydroxyl groups excluding tert-OH is 1. The first kappa shape index (κ1) is 15.9. The normalized spacial score (nSPS) is 41.3. The lowest BCUT2D eigenvalue weighted by Gasteiger charge is -2.61. The highest BCUT2D eigenvalue weighted by Crippen LogP contribution is 2.65. The van der Waals surface area contributed by atoms with Crippen LogP contribution < -0.4 is 4.74 Å². The minimum absolute atomic E-state index is 0.0214. The molecule has 1 unspecified atom stereocenters. The smallest absolute Gasteiger partial charge is 0.165 e. The summed E-state index contributed by atoms with van der Waals surface area (Å²) in [6, 6.07) is 4.40. The number of likely N-dealkylation sites (tertiary alicyclic amines) is 1. The topological polar surface area (TPSA) is 62.2 Å². The average molecular weight is 345 g/mol. The second-order valence-corrected chi connectivity index (χ2v) is 8.52. The summed E-state index contributed by atoms with van der Waals surface area (Å²) in [5, 5.41) is 19.8. The highest BCUT2D eigenvalue weighted by molar-refractivity contribution is 5.61. The average Bonchev–Trinajstić information content (AvgIpc) is 2.96. The number of piperidine rings is 1. The fraction of sp³-hybridized carbons (Fsp3) is 0.700.